The predicted octanol–water partition coefficient (Wildman–Crippen LogP) is 2.06. The normalized spacial score (nSPS) is 21.8. The lowest BCUT2D eigenvalue weighted by molar-refractivity contribution is 0.175. The number of rotatable bonds is 3. The van der Waals surface area contributed by atoms with Gasteiger partial charge in [0.25, 0.3) is 0 Å². The number of benzene rings is 1. The van der Waals surface area contributed by atoms with Crippen LogP contribution in [0.5, 0.6) is 0 Å². The van der Waals surface area contributed by atoms with E-state index in [1.54, 1.807) is 0 Å². The summed E-state index contributed by atoms with van der Waals surface area (Å²) in [6, 6.07) is 8.44. The van der Waals surface area contributed by atoms with Crippen LogP contribution in [-0.4, -0.2) is 24.3 Å². The molecule has 0 aliphatic carbocycles. The molecule has 1 aromatic rings. The lowest BCUT2D eigenvalue weighted by Gasteiger charge is -2.27. The van der Waals surface area contributed by atoms with Gasteiger partial charge in [-0.1, -0.05) is 25.1 Å². The van der Waals surface area contributed by atoms with Crippen molar-refractivity contribution in [3.63, 3.8) is 0 Å². The minimum atomic E-state index is -0.252. The Labute approximate surface area is 103 Å². The first-order valence-electron chi connectivity index (χ1n) is 6.50. The zero-order valence-electron chi connectivity index (χ0n) is 10.5. The maximum absolute atomic E-state index is 9.82. The largest absolute Gasteiger partial charge is 0.391 e. The molecule has 0 bridgehead atoms. The zero-order valence-corrected chi connectivity index (χ0v) is 10.5. The molecule has 3 heteroatoms. The van der Waals surface area contributed by atoms with Crippen molar-refractivity contribution < 1.29 is 5.11 Å². The molecule has 0 radical (unpaired) electrons. The van der Waals surface area contributed by atoms with Gasteiger partial charge in [-0.3, -0.25) is 0 Å². The summed E-state index contributed by atoms with van der Waals surface area (Å²) < 4.78 is 0. The molecular formula is C14H22N2O. The number of hydrogen-bond donors (Lipinski definition) is 2. The van der Waals surface area contributed by atoms with E-state index in [1.165, 1.54) is 11.3 Å². The average molecular weight is 234 g/mol. The lowest BCUT2D eigenvalue weighted by Crippen LogP contribution is -2.32. The topological polar surface area (TPSA) is 49.5 Å². The molecule has 17 heavy (non-hydrogen) atoms. The Morgan fingerprint density at radius 2 is 2.24 bits per heavy atom. The van der Waals surface area contributed by atoms with Gasteiger partial charge in [-0.25, -0.2) is 0 Å². The van der Waals surface area contributed by atoms with Gasteiger partial charge < -0.3 is 15.7 Å². The van der Waals surface area contributed by atoms with E-state index in [1.807, 2.05) is 19.1 Å². The highest BCUT2D eigenvalue weighted by atomic mass is 16.3. The van der Waals surface area contributed by atoms with Crippen molar-refractivity contribution in [3.05, 3.63) is 29.8 Å². The van der Waals surface area contributed by atoms with Crippen LogP contribution in [0.15, 0.2) is 24.3 Å². The van der Waals surface area contributed by atoms with Gasteiger partial charge in [0.2, 0.25) is 0 Å². The van der Waals surface area contributed by atoms with E-state index in [4.69, 9.17) is 5.73 Å². The van der Waals surface area contributed by atoms with Crippen molar-refractivity contribution in [2.45, 2.75) is 38.3 Å². The molecule has 0 spiro atoms. The number of para-hydroxylation sites is 1. The third-order valence-electron chi connectivity index (χ3n) is 3.52. The summed E-state index contributed by atoms with van der Waals surface area (Å²) in [5.41, 5.74) is 8.60. The Hall–Kier alpha value is -1.06. The molecule has 0 saturated carbocycles. The van der Waals surface area contributed by atoms with E-state index in [9.17, 15) is 5.11 Å². The molecule has 3 nitrogen and oxygen atoms in total. The highest BCUT2D eigenvalue weighted by Gasteiger charge is 2.21. The number of fused-ring (bicyclic) bond motifs is 1. The quantitative estimate of drug-likeness (QED) is 0.841. The standard InChI is InChI=1S/C14H22N2O/c1-2-11(17)10-16-9-5-7-13(15)12-6-3-4-8-14(12)16/h3-4,6,8,11,13,17H,2,5,7,9-10,15H2,1H3. The number of nitrogens with zero attached hydrogens (tertiary/aromatic N) is 1. The number of nitrogens with two attached hydrogens (primary N) is 1. The first kappa shape index (κ1) is 12.4. The Kier molecular flexibility index (Phi) is 4.02. The molecule has 1 aliphatic rings. The van der Waals surface area contributed by atoms with Crippen molar-refractivity contribution in [2.75, 3.05) is 18.0 Å². The SMILES string of the molecule is CCC(O)CN1CCCC(N)c2ccccc21. The van der Waals surface area contributed by atoms with Gasteiger partial charge in [0, 0.05) is 24.8 Å². The third kappa shape index (κ3) is 2.79. The van der Waals surface area contributed by atoms with Crippen molar-refractivity contribution in [1.82, 2.24) is 0 Å². The van der Waals surface area contributed by atoms with Crippen molar-refractivity contribution in [2.24, 2.45) is 5.73 Å². The number of hydrogen-bond acceptors (Lipinski definition) is 3. The average Bonchev–Trinajstić information content (AvgIpc) is 2.51. The summed E-state index contributed by atoms with van der Waals surface area (Å²) in [6.45, 7) is 3.71. The molecule has 2 atom stereocenters. The van der Waals surface area contributed by atoms with E-state index < -0.39 is 0 Å². The first-order chi connectivity index (χ1) is 8.22. The highest BCUT2D eigenvalue weighted by Crippen LogP contribution is 2.31. The van der Waals surface area contributed by atoms with Crippen LogP contribution in [0.3, 0.4) is 0 Å². The van der Waals surface area contributed by atoms with E-state index >= 15 is 0 Å². The van der Waals surface area contributed by atoms with Crippen LogP contribution in [0, 0.1) is 0 Å². The van der Waals surface area contributed by atoms with E-state index in [-0.39, 0.29) is 12.1 Å². The van der Waals surface area contributed by atoms with Crippen LogP contribution in [0.1, 0.15) is 37.8 Å². The monoisotopic (exact) mass is 234 g/mol. The Balaban J connectivity index is 2.25. The summed E-state index contributed by atoms with van der Waals surface area (Å²) in [7, 11) is 0. The molecule has 0 amide bonds. The Morgan fingerprint density at radius 1 is 1.47 bits per heavy atom. The summed E-state index contributed by atoms with van der Waals surface area (Å²) in [5.74, 6) is 0. The molecule has 94 valence electrons. The fourth-order valence-corrected chi connectivity index (χ4v) is 2.44. The molecule has 3 N–H and O–H groups in total. The second-order valence-electron chi connectivity index (χ2n) is 4.82. The van der Waals surface area contributed by atoms with Gasteiger partial charge in [-0.05, 0) is 30.9 Å². The fraction of sp³-hybridized carbons (Fsp3) is 0.571. The van der Waals surface area contributed by atoms with Crippen LogP contribution in [0.4, 0.5) is 5.69 Å². The molecule has 0 aromatic heterocycles. The van der Waals surface area contributed by atoms with Gasteiger partial charge in [-0.15, -0.1) is 0 Å². The van der Waals surface area contributed by atoms with Crippen LogP contribution < -0.4 is 10.6 Å². The van der Waals surface area contributed by atoms with Gasteiger partial charge in [0.05, 0.1) is 6.10 Å². The highest BCUT2D eigenvalue weighted by molar-refractivity contribution is 5.55. The molecule has 1 aliphatic heterocycles. The number of anilines is 1. The maximum Gasteiger partial charge on any atom is 0.0712 e. The third-order valence-corrected chi connectivity index (χ3v) is 3.52. The van der Waals surface area contributed by atoms with Gasteiger partial charge in [0.15, 0.2) is 0 Å². The maximum atomic E-state index is 9.82. The van der Waals surface area contributed by atoms with E-state index in [2.05, 4.69) is 17.0 Å². The van der Waals surface area contributed by atoms with Crippen molar-refractivity contribution in [3.8, 4) is 0 Å². The number of aliphatic hydroxyl groups is 1. The predicted molar refractivity (Wildman–Crippen MR) is 71.1 cm³/mol. The van der Waals surface area contributed by atoms with E-state index in [0.29, 0.717) is 6.54 Å². The molecule has 2 unspecified atom stereocenters. The number of β-amino-alcohol motifs (C(OH)–C–C–N with tert-alkyl or cyclic N) is 1. The van der Waals surface area contributed by atoms with Gasteiger partial charge >= 0.3 is 0 Å². The Morgan fingerprint density at radius 3 is 3.00 bits per heavy atom. The lowest BCUT2D eigenvalue weighted by atomic mass is 10.0. The molecule has 1 aromatic carbocycles. The molecule has 0 saturated heterocycles. The summed E-state index contributed by atoms with van der Waals surface area (Å²) in [5, 5.41) is 9.82. The van der Waals surface area contributed by atoms with Gasteiger partial charge in [-0.2, -0.15) is 0 Å². The van der Waals surface area contributed by atoms with Crippen LogP contribution in [0.2, 0.25) is 0 Å². The minimum absolute atomic E-state index is 0.134. The smallest absolute Gasteiger partial charge is 0.0712 e. The minimum Gasteiger partial charge on any atom is -0.391 e. The molecule has 0 fully saturated rings. The molecule has 1 heterocycles. The Bertz CT molecular complexity index is 367. The fourth-order valence-electron chi connectivity index (χ4n) is 2.44. The second-order valence-corrected chi connectivity index (χ2v) is 4.82. The second kappa shape index (κ2) is 5.52. The first-order valence-corrected chi connectivity index (χ1v) is 6.50. The zero-order chi connectivity index (χ0) is 12.3. The summed E-state index contributed by atoms with van der Waals surface area (Å²) in [4.78, 5) is 2.27. The van der Waals surface area contributed by atoms with Crippen LogP contribution >= 0.6 is 0 Å². The molecular weight excluding hydrogens is 212 g/mol. The summed E-state index contributed by atoms with van der Waals surface area (Å²) in [6.07, 6.45) is 2.66. The van der Waals surface area contributed by atoms with Crippen LogP contribution in [0.25, 0.3) is 0 Å². The van der Waals surface area contributed by atoms with Crippen LogP contribution in [-0.2, 0) is 0 Å². The molecule has 2 rings (SSSR count). The van der Waals surface area contributed by atoms with Crippen molar-refractivity contribution in [1.29, 1.82) is 0 Å². The summed E-state index contributed by atoms with van der Waals surface area (Å²) >= 11 is 0. The number of aliphatic hydroxyl groups excluding tert-OH is 1. The van der Waals surface area contributed by atoms with Crippen molar-refractivity contribution >= 4 is 5.69 Å². The van der Waals surface area contributed by atoms with Gasteiger partial charge in [0.1, 0.15) is 0 Å². The van der Waals surface area contributed by atoms with E-state index in [0.717, 1.165) is 25.8 Å².